The van der Waals surface area contributed by atoms with Crippen molar-refractivity contribution < 1.29 is 27.7 Å². The van der Waals surface area contributed by atoms with Gasteiger partial charge in [0.15, 0.2) is 11.9 Å². The molecule has 1 aliphatic heterocycles. The molecule has 2 aromatic carbocycles. The average Bonchev–Trinajstić information content (AvgIpc) is 2.81. The van der Waals surface area contributed by atoms with Gasteiger partial charge in [-0.2, -0.15) is 5.26 Å². The van der Waals surface area contributed by atoms with Crippen LogP contribution in [0.1, 0.15) is 24.1 Å². The van der Waals surface area contributed by atoms with E-state index in [0.717, 1.165) is 11.8 Å². The number of nitriles is 1. The highest BCUT2D eigenvalue weighted by Gasteiger charge is 2.52. The van der Waals surface area contributed by atoms with Crippen LogP contribution in [0.2, 0.25) is 0 Å². The number of aliphatic hydroxyl groups is 1. The quantitative estimate of drug-likeness (QED) is 0.181. The molecule has 0 aliphatic carbocycles. The van der Waals surface area contributed by atoms with Gasteiger partial charge < -0.3 is 30.0 Å². The molecule has 0 spiro atoms. The van der Waals surface area contributed by atoms with Crippen LogP contribution in [0.15, 0.2) is 53.5 Å². The van der Waals surface area contributed by atoms with E-state index in [9.17, 15) is 18.8 Å². The summed E-state index contributed by atoms with van der Waals surface area (Å²) in [4.78, 5) is 3.83. The Labute approximate surface area is 204 Å². The molecule has 0 saturated carbocycles. The van der Waals surface area contributed by atoms with E-state index in [1.807, 2.05) is 30.3 Å². The summed E-state index contributed by atoms with van der Waals surface area (Å²) in [5.41, 5.74) is 0.318. The summed E-state index contributed by atoms with van der Waals surface area (Å²) in [6, 6.07) is 13.3. The molecule has 0 bridgehead atoms. The van der Waals surface area contributed by atoms with Crippen molar-refractivity contribution in [1.29, 1.82) is 5.26 Å². The number of nitrogens with one attached hydrogen (secondary N) is 3. The minimum Gasteiger partial charge on any atom is -0.479 e. The minimum absolute atomic E-state index is 0.114. The molecular formula is C23H29N5O6S. The van der Waals surface area contributed by atoms with Crippen molar-refractivity contribution in [2.45, 2.75) is 37.5 Å². The number of aliphatic hydroxyl groups excluding tert-OH is 1. The topological polar surface area (TPSA) is 154 Å². The molecule has 12 heteroatoms. The van der Waals surface area contributed by atoms with E-state index in [-0.39, 0.29) is 11.6 Å². The molecule has 0 fully saturated rings. The zero-order valence-electron chi connectivity index (χ0n) is 19.8. The van der Waals surface area contributed by atoms with Crippen molar-refractivity contribution in [3.63, 3.8) is 0 Å². The third-order valence-electron chi connectivity index (χ3n) is 5.53. The molecule has 0 radical (unpaired) electrons. The lowest BCUT2D eigenvalue weighted by Gasteiger charge is -2.47. The highest BCUT2D eigenvalue weighted by molar-refractivity contribution is 7.92. The molecule has 188 valence electrons. The van der Waals surface area contributed by atoms with Gasteiger partial charge in [-0.15, -0.1) is 4.99 Å². The maximum atomic E-state index is 11.8. The summed E-state index contributed by atoms with van der Waals surface area (Å²) in [6.45, 7) is 2.00. The number of hydrogen-bond acceptors (Lipinski definition) is 8. The number of nitrogens with zero attached hydrogens (tertiary/aromatic N) is 2. The van der Waals surface area contributed by atoms with Crippen LogP contribution in [0.5, 0.6) is 5.75 Å². The lowest BCUT2D eigenvalue weighted by atomic mass is 9.84. The number of sulfonamides is 1. The van der Waals surface area contributed by atoms with Crippen molar-refractivity contribution in [2.24, 2.45) is 4.99 Å². The molecule has 1 heterocycles. The summed E-state index contributed by atoms with van der Waals surface area (Å²) < 4.78 is 42.9. The molecule has 0 amide bonds. The largest absolute Gasteiger partial charge is 0.479 e. The van der Waals surface area contributed by atoms with Crippen molar-refractivity contribution >= 4 is 21.7 Å². The average molecular weight is 504 g/mol. The highest BCUT2D eigenvalue weighted by atomic mass is 32.2. The molecular weight excluding hydrogens is 474 g/mol. The van der Waals surface area contributed by atoms with Gasteiger partial charge in [0.05, 0.1) is 12.3 Å². The van der Waals surface area contributed by atoms with E-state index in [0.29, 0.717) is 17.9 Å². The zero-order valence-corrected chi connectivity index (χ0v) is 20.7. The van der Waals surface area contributed by atoms with Crippen molar-refractivity contribution in [1.82, 2.24) is 10.6 Å². The normalized spacial score (nSPS) is 22.0. The number of fused-ring (bicyclic) bond motifs is 1. The Bertz CT molecular complexity index is 1200. The van der Waals surface area contributed by atoms with Crippen LogP contribution >= 0.6 is 0 Å². The van der Waals surface area contributed by atoms with E-state index in [1.165, 1.54) is 14.2 Å². The summed E-state index contributed by atoms with van der Waals surface area (Å²) in [7, 11) is -0.688. The predicted molar refractivity (Wildman–Crippen MR) is 130 cm³/mol. The smallest absolute Gasteiger partial charge is 0.229 e. The fourth-order valence-corrected chi connectivity index (χ4v) is 4.53. The van der Waals surface area contributed by atoms with Crippen LogP contribution in [-0.2, 0) is 26.0 Å². The number of methoxy groups -OCH3 is 2. The fourth-order valence-electron chi connectivity index (χ4n) is 3.97. The second-order valence-corrected chi connectivity index (χ2v) is 9.93. The van der Waals surface area contributed by atoms with Gasteiger partial charge in [0.1, 0.15) is 11.9 Å². The molecule has 4 N–H and O–H groups in total. The van der Waals surface area contributed by atoms with Crippen LogP contribution in [0.3, 0.4) is 0 Å². The van der Waals surface area contributed by atoms with Gasteiger partial charge in [0.2, 0.25) is 22.2 Å². The Kier molecular flexibility index (Phi) is 8.18. The van der Waals surface area contributed by atoms with Crippen molar-refractivity contribution in [3.8, 4) is 11.9 Å². The molecule has 3 atom stereocenters. The van der Waals surface area contributed by atoms with Crippen molar-refractivity contribution in [2.75, 3.05) is 25.2 Å². The number of rotatable bonds is 8. The molecule has 0 saturated heterocycles. The molecule has 0 aromatic heterocycles. The van der Waals surface area contributed by atoms with Gasteiger partial charge in [-0.1, -0.05) is 30.3 Å². The molecule has 3 rings (SSSR count). The summed E-state index contributed by atoms with van der Waals surface area (Å²) >= 11 is 0. The van der Waals surface area contributed by atoms with Gasteiger partial charge in [-0.05, 0) is 30.7 Å². The van der Waals surface area contributed by atoms with Crippen LogP contribution in [0.25, 0.3) is 0 Å². The Morgan fingerprint density at radius 3 is 2.54 bits per heavy atom. The summed E-state index contributed by atoms with van der Waals surface area (Å²) in [5, 5.41) is 26.8. The van der Waals surface area contributed by atoms with Crippen LogP contribution in [0.4, 0.5) is 5.69 Å². The first-order valence-electron chi connectivity index (χ1n) is 10.7. The lowest BCUT2D eigenvalue weighted by molar-refractivity contribution is -0.238. The van der Waals surface area contributed by atoms with Crippen LogP contribution in [0, 0.1) is 11.5 Å². The Hall–Kier alpha value is -3.37. The second kappa shape index (κ2) is 10.9. The number of ether oxygens (including phenoxy) is 3. The van der Waals surface area contributed by atoms with Crippen LogP contribution in [-0.4, -0.2) is 58.0 Å². The highest BCUT2D eigenvalue weighted by Crippen LogP contribution is 2.43. The van der Waals surface area contributed by atoms with Gasteiger partial charge in [-0.25, -0.2) is 8.42 Å². The maximum Gasteiger partial charge on any atom is 0.229 e. The first kappa shape index (κ1) is 26.2. The first-order valence-corrected chi connectivity index (χ1v) is 12.6. The number of aliphatic imine (C=N–C) groups is 1. The summed E-state index contributed by atoms with van der Waals surface area (Å²) in [5.74, 6) is 0.483. The predicted octanol–water partition coefficient (Wildman–Crippen LogP) is 1.45. The van der Waals surface area contributed by atoms with Crippen LogP contribution < -0.4 is 20.1 Å². The first-order chi connectivity index (χ1) is 16.6. The minimum atomic E-state index is -3.54. The SMILES string of the molecule is COC(OC)[C@@]1(C)Oc2ccc(NS(C)(=O)=O)cc2[C@@H](NC(=NC#N)NCc2ccccc2)[C@@H]1O. The second-order valence-electron chi connectivity index (χ2n) is 8.18. The Balaban J connectivity index is 2.00. The third-order valence-corrected chi connectivity index (χ3v) is 6.14. The molecule has 35 heavy (non-hydrogen) atoms. The van der Waals surface area contributed by atoms with Gasteiger partial charge >= 0.3 is 0 Å². The number of guanidine groups is 1. The molecule has 1 aliphatic rings. The standard InChI is InChI=1S/C23H29N5O6S/c1-23(21(32-2)33-3)20(29)19(17-12-16(28-35(4,30)31)10-11-18(17)34-23)27-22(26-14-24)25-13-15-8-6-5-7-9-15/h5-12,19-21,28-29H,13H2,1-4H3,(H2,25,26,27)/t19-,20+,23+/m1/s1. The fraction of sp³-hybridized carbons (Fsp3) is 0.391. The lowest BCUT2D eigenvalue weighted by Crippen LogP contribution is -2.62. The Morgan fingerprint density at radius 2 is 1.94 bits per heavy atom. The maximum absolute atomic E-state index is 11.8. The van der Waals surface area contributed by atoms with E-state index in [4.69, 9.17) is 14.2 Å². The van der Waals surface area contributed by atoms with E-state index >= 15 is 0 Å². The van der Waals surface area contributed by atoms with E-state index in [2.05, 4.69) is 20.3 Å². The van der Waals surface area contributed by atoms with Gasteiger partial charge in [0.25, 0.3) is 0 Å². The Morgan fingerprint density at radius 1 is 1.26 bits per heavy atom. The number of benzene rings is 2. The van der Waals surface area contributed by atoms with Crippen molar-refractivity contribution in [3.05, 3.63) is 59.7 Å². The van der Waals surface area contributed by atoms with E-state index < -0.39 is 34.1 Å². The zero-order chi connectivity index (χ0) is 25.6. The molecule has 0 unspecified atom stereocenters. The summed E-state index contributed by atoms with van der Waals surface area (Å²) in [6.07, 6.45) is 0.574. The number of hydrogen-bond donors (Lipinski definition) is 4. The van der Waals surface area contributed by atoms with E-state index in [1.54, 1.807) is 31.3 Å². The number of anilines is 1. The molecule has 2 aromatic rings. The monoisotopic (exact) mass is 503 g/mol. The third kappa shape index (κ3) is 6.20. The van der Waals surface area contributed by atoms with Gasteiger partial charge in [-0.3, -0.25) is 4.72 Å². The van der Waals surface area contributed by atoms with Gasteiger partial charge in [0, 0.05) is 32.0 Å². The molecule has 11 nitrogen and oxygen atoms in total.